The summed E-state index contributed by atoms with van der Waals surface area (Å²) in [5.74, 6) is -0.481. The Morgan fingerprint density at radius 2 is 1.67 bits per heavy atom. The Morgan fingerprint density at radius 3 is 2.42 bits per heavy atom. The predicted octanol–water partition coefficient (Wildman–Crippen LogP) is 5.76. The maximum Gasteiger partial charge on any atom is 0.326 e. The number of nitrogens with zero attached hydrogens (tertiary/aromatic N) is 2. The van der Waals surface area contributed by atoms with Crippen molar-refractivity contribution in [1.29, 1.82) is 0 Å². The van der Waals surface area contributed by atoms with Gasteiger partial charge in [-0.1, -0.05) is 72.3 Å². The fourth-order valence-electron chi connectivity index (χ4n) is 3.87. The summed E-state index contributed by atoms with van der Waals surface area (Å²) >= 11 is 7.14. The van der Waals surface area contributed by atoms with Crippen molar-refractivity contribution in [3.63, 3.8) is 0 Å². The molecule has 164 valence electrons. The number of aryl methyl sites for hydroxylation is 1. The number of rotatable bonds is 5. The van der Waals surface area contributed by atoms with Crippen LogP contribution in [-0.2, 0) is 22.7 Å². The van der Waals surface area contributed by atoms with Crippen LogP contribution in [0, 0.1) is 10.9 Å². The summed E-state index contributed by atoms with van der Waals surface area (Å²) in [4.78, 5) is 27.2. The number of hydrogen-bond donors (Lipinski definition) is 0. The number of ether oxygens (including phenoxy) is 1. The second-order valence-corrected chi connectivity index (χ2v) is 9.42. The highest BCUT2D eigenvalue weighted by atomic mass is 32.1. The smallest absolute Gasteiger partial charge is 0.326 e. The fourth-order valence-corrected chi connectivity index (χ4v) is 5.30. The molecule has 0 N–H and O–H groups in total. The molecule has 3 aromatic carbocycles. The topological polar surface area (TPSA) is 52.7 Å². The van der Waals surface area contributed by atoms with E-state index < -0.39 is 5.97 Å². The highest BCUT2D eigenvalue weighted by molar-refractivity contribution is 7.73. The lowest BCUT2D eigenvalue weighted by atomic mass is 10.1. The first-order chi connectivity index (χ1) is 16.0. The van der Waals surface area contributed by atoms with Crippen molar-refractivity contribution in [2.45, 2.75) is 20.1 Å². The van der Waals surface area contributed by atoms with E-state index in [1.165, 1.54) is 15.9 Å². The number of carbonyl (C=O) groups excluding carboxylic acids is 1. The minimum absolute atomic E-state index is 0.152. The van der Waals surface area contributed by atoms with Crippen LogP contribution in [0.15, 0.2) is 83.7 Å². The Kier molecular flexibility index (Phi) is 5.66. The van der Waals surface area contributed by atoms with Gasteiger partial charge >= 0.3 is 5.97 Å². The molecule has 0 amide bonds. The molecule has 7 heteroatoms. The molecule has 0 saturated heterocycles. The van der Waals surface area contributed by atoms with Crippen LogP contribution in [0.3, 0.4) is 0 Å². The molecule has 2 aromatic heterocycles. The van der Waals surface area contributed by atoms with Crippen LogP contribution in [-0.4, -0.2) is 14.9 Å². The van der Waals surface area contributed by atoms with Crippen LogP contribution in [0.25, 0.3) is 27.0 Å². The molecular formula is C26H20N2O3S2. The van der Waals surface area contributed by atoms with Crippen LogP contribution < -0.4 is 5.56 Å². The van der Waals surface area contributed by atoms with E-state index in [-0.39, 0.29) is 18.7 Å². The Hall–Kier alpha value is -3.55. The summed E-state index contributed by atoms with van der Waals surface area (Å²) in [5.41, 5.74) is 4.06. The lowest BCUT2D eigenvalue weighted by molar-refractivity contribution is -0.145. The number of hydrogen-bond acceptors (Lipinski definition) is 5. The SMILES string of the molecule is Cc1ccc(-c2sc(=S)n3c4ccccc4c(=O)n(CC(=O)OCc4ccccc4)c23)cc1. The average molecular weight is 473 g/mol. The molecule has 0 aliphatic heterocycles. The summed E-state index contributed by atoms with van der Waals surface area (Å²) in [6.07, 6.45) is 0. The Bertz CT molecular complexity index is 1600. The standard InChI is InChI=1S/C26H20N2O3S2/c1-17-11-13-19(14-12-17)23-24-27(15-22(29)31-16-18-7-3-2-4-8-18)25(30)20-9-5-6-10-21(20)28(24)26(32)33-23/h2-14H,15-16H2,1H3. The van der Waals surface area contributed by atoms with Gasteiger partial charge in [0.05, 0.1) is 15.8 Å². The van der Waals surface area contributed by atoms with Crippen molar-refractivity contribution in [3.8, 4) is 10.4 Å². The van der Waals surface area contributed by atoms with Crippen molar-refractivity contribution in [2.75, 3.05) is 0 Å². The lowest BCUT2D eigenvalue weighted by Gasteiger charge is -2.13. The van der Waals surface area contributed by atoms with Gasteiger partial charge in [-0.25, -0.2) is 0 Å². The van der Waals surface area contributed by atoms with Gasteiger partial charge in [0.2, 0.25) is 0 Å². The lowest BCUT2D eigenvalue weighted by Crippen LogP contribution is -2.27. The minimum Gasteiger partial charge on any atom is -0.459 e. The van der Waals surface area contributed by atoms with E-state index in [4.69, 9.17) is 17.0 Å². The molecule has 0 fully saturated rings. The van der Waals surface area contributed by atoms with Gasteiger partial charge in [0.25, 0.3) is 5.56 Å². The second-order valence-electron chi connectivity index (χ2n) is 7.78. The van der Waals surface area contributed by atoms with Gasteiger partial charge in [0, 0.05) is 0 Å². The highest BCUT2D eigenvalue weighted by Crippen LogP contribution is 2.33. The molecule has 0 spiro atoms. The van der Waals surface area contributed by atoms with Gasteiger partial charge in [0.15, 0.2) is 3.95 Å². The molecule has 33 heavy (non-hydrogen) atoms. The van der Waals surface area contributed by atoms with Gasteiger partial charge in [-0.05, 0) is 42.4 Å². The van der Waals surface area contributed by atoms with E-state index in [2.05, 4.69) is 0 Å². The molecular weight excluding hydrogens is 452 g/mol. The number of benzene rings is 3. The first kappa shape index (κ1) is 21.3. The molecule has 0 radical (unpaired) electrons. The van der Waals surface area contributed by atoms with E-state index in [1.54, 1.807) is 6.07 Å². The minimum atomic E-state index is -0.481. The highest BCUT2D eigenvalue weighted by Gasteiger charge is 2.20. The van der Waals surface area contributed by atoms with E-state index in [9.17, 15) is 9.59 Å². The molecule has 2 heterocycles. The monoisotopic (exact) mass is 472 g/mol. The number of para-hydroxylation sites is 1. The number of carbonyl (C=O) groups is 1. The van der Waals surface area contributed by atoms with Crippen LogP contribution in [0.1, 0.15) is 11.1 Å². The number of esters is 1. The molecule has 5 aromatic rings. The quantitative estimate of drug-likeness (QED) is 0.241. The number of fused-ring (bicyclic) bond motifs is 3. The number of thiazole rings is 1. The van der Waals surface area contributed by atoms with Crippen LogP contribution in [0.2, 0.25) is 0 Å². The van der Waals surface area contributed by atoms with Gasteiger partial charge < -0.3 is 4.74 Å². The van der Waals surface area contributed by atoms with Crippen molar-refractivity contribution in [3.05, 3.63) is 104 Å². The van der Waals surface area contributed by atoms with E-state index in [0.29, 0.717) is 15.0 Å². The van der Waals surface area contributed by atoms with Gasteiger partial charge in [-0.2, -0.15) is 0 Å². The van der Waals surface area contributed by atoms with Crippen LogP contribution >= 0.6 is 23.6 Å². The molecule has 0 aliphatic carbocycles. The Morgan fingerprint density at radius 1 is 0.970 bits per heavy atom. The van der Waals surface area contributed by atoms with E-state index in [1.807, 2.05) is 84.1 Å². The van der Waals surface area contributed by atoms with Gasteiger partial charge in [-0.15, -0.1) is 11.3 Å². The van der Waals surface area contributed by atoms with E-state index in [0.717, 1.165) is 27.1 Å². The normalized spacial score (nSPS) is 11.2. The van der Waals surface area contributed by atoms with Gasteiger partial charge in [-0.3, -0.25) is 18.6 Å². The second kappa shape index (κ2) is 8.77. The molecule has 0 aliphatic rings. The third-order valence-corrected chi connectivity index (χ3v) is 6.92. The largest absolute Gasteiger partial charge is 0.459 e. The summed E-state index contributed by atoms with van der Waals surface area (Å²) < 4.78 is 9.47. The average Bonchev–Trinajstić information content (AvgIpc) is 3.18. The third kappa shape index (κ3) is 4.01. The third-order valence-electron chi connectivity index (χ3n) is 5.51. The van der Waals surface area contributed by atoms with Crippen LogP contribution in [0.4, 0.5) is 0 Å². The molecule has 0 saturated carbocycles. The molecule has 5 nitrogen and oxygen atoms in total. The summed E-state index contributed by atoms with van der Waals surface area (Å²) in [6, 6.07) is 24.8. The first-order valence-corrected chi connectivity index (χ1v) is 11.7. The molecule has 0 atom stereocenters. The van der Waals surface area contributed by atoms with E-state index >= 15 is 0 Å². The van der Waals surface area contributed by atoms with Crippen molar-refractivity contribution in [1.82, 2.24) is 8.97 Å². The summed E-state index contributed by atoms with van der Waals surface area (Å²) in [7, 11) is 0. The number of aromatic nitrogens is 2. The molecule has 0 unspecified atom stereocenters. The molecule has 0 bridgehead atoms. The van der Waals surface area contributed by atoms with Crippen LogP contribution in [0.5, 0.6) is 0 Å². The zero-order valence-corrected chi connectivity index (χ0v) is 19.5. The maximum absolute atomic E-state index is 13.5. The Labute approximate surface area is 199 Å². The zero-order valence-electron chi connectivity index (χ0n) is 17.9. The van der Waals surface area contributed by atoms with Crippen molar-refractivity contribution in [2.24, 2.45) is 0 Å². The predicted molar refractivity (Wildman–Crippen MR) is 134 cm³/mol. The van der Waals surface area contributed by atoms with Crippen molar-refractivity contribution < 1.29 is 9.53 Å². The fraction of sp³-hybridized carbons (Fsp3) is 0.115. The zero-order chi connectivity index (χ0) is 22.9. The van der Waals surface area contributed by atoms with Crippen molar-refractivity contribution >= 4 is 46.1 Å². The summed E-state index contributed by atoms with van der Waals surface area (Å²) in [5, 5.41) is 0.505. The molecule has 5 rings (SSSR count). The summed E-state index contributed by atoms with van der Waals surface area (Å²) in [6.45, 7) is 1.97. The maximum atomic E-state index is 13.5. The first-order valence-electron chi connectivity index (χ1n) is 10.5. The Balaban J connectivity index is 1.66. The van der Waals surface area contributed by atoms with Gasteiger partial charge in [0.1, 0.15) is 18.8 Å².